The molecule has 9 heteroatoms. The molecular weight excluding hydrogens is 911 g/mol. The summed E-state index contributed by atoms with van der Waals surface area (Å²) in [7, 11) is 5.92. The molecule has 0 saturated heterocycles. The molecule has 0 aliphatic carbocycles. The number of esters is 2. The molecule has 2 unspecified atom stereocenters. The molecule has 0 spiro atoms. The molecule has 73 heavy (non-hydrogen) atoms. The van der Waals surface area contributed by atoms with Gasteiger partial charge in [0.1, 0.15) is 13.2 Å². The van der Waals surface area contributed by atoms with E-state index in [1.165, 1.54) is 193 Å². The zero-order valence-corrected chi connectivity index (χ0v) is 48.5. The zero-order valence-electron chi connectivity index (χ0n) is 48.5. The van der Waals surface area contributed by atoms with E-state index in [1.54, 1.807) is 0 Å². The fourth-order valence-electron chi connectivity index (χ4n) is 8.88. The molecule has 2 atom stereocenters. The van der Waals surface area contributed by atoms with E-state index < -0.39 is 24.3 Å². The molecule has 0 aromatic carbocycles. The molecule has 0 aromatic rings. The number of carboxylic acids is 1. The largest absolute Gasteiger partial charge is 0.545 e. The predicted octanol–water partition coefficient (Wildman–Crippen LogP) is 16.9. The highest BCUT2D eigenvalue weighted by Crippen LogP contribution is 2.18. The third-order valence-electron chi connectivity index (χ3n) is 13.6. The fraction of sp³-hybridized carbons (Fsp3) is 0.828. The van der Waals surface area contributed by atoms with Gasteiger partial charge in [-0.05, 0) is 51.4 Å². The number of rotatable bonds is 57. The van der Waals surface area contributed by atoms with Crippen molar-refractivity contribution in [2.24, 2.45) is 0 Å². The van der Waals surface area contributed by atoms with E-state index in [2.05, 4.69) is 62.5 Å². The SMILES string of the molecule is CC/C=C\C/C=C\C/C=C\C/C=C\CCCCCCCCCCCCCCCCCCCCCCCCCCCCC(=O)OC(COC(=O)CCCCCCCCCCC)COC(OCC[N+](C)(C)C)C(=O)[O-]. The van der Waals surface area contributed by atoms with Crippen LogP contribution in [0.1, 0.15) is 284 Å². The maximum atomic E-state index is 12.8. The Morgan fingerprint density at radius 3 is 1.16 bits per heavy atom. The summed E-state index contributed by atoms with van der Waals surface area (Å²) in [5.74, 6) is -2.27. The summed E-state index contributed by atoms with van der Waals surface area (Å²) in [6.45, 7) is 4.64. The van der Waals surface area contributed by atoms with E-state index >= 15 is 0 Å². The zero-order chi connectivity index (χ0) is 53.4. The van der Waals surface area contributed by atoms with Crippen molar-refractivity contribution in [3.05, 3.63) is 48.6 Å². The van der Waals surface area contributed by atoms with E-state index in [9.17, 15) is 19.5 Å². The van der Waals surface area contributed by atoms with Crippen LogP contribution in [-0.4, -0.2) is 82.3 Å². The second kappa shape index (κ2) is 55.5. The first-order chi connectivity index (χ1) is 35.6. The number of carboxylic acid groups (broad SMARTS) is 1. The van der Waals surface area contributed by atoms with Gasteiger partial charge >= 0.3 is 11.9 Å². The van der Waals surface area contributed by atoms with Gasteiger partial charge in [-0.2, -0.15) is 0 Å². The van der Waals surface area contributed by atoms with E-state index in [1.807, 2.05) is 21.1 Å². The Hall–Kier alpha value is -2.75. The average Bonchev–Trinajstić information content (AvgIpc) is 3.36. The Balaban J connectivity index is 3.86. The molecule has 0 radical (unpaired) electrons. The molecule has 0 fully saturated rings. The number of quaternary nitrogens is 1. The Kier molecular flexibility index (Phi) is 53.4. The summed E-state index contributed by atoms with van der Waals surface area (Å²) < 4.78 is 22.6. The summed E-state index contributed by atoms with van der Waals surface area (Å²) in [5, 5.41) is 11.7. The lowest BCUT2D eigenvalue weighted by molar-refractivity contribution is -0.870. The maximum Gasteiger partial charge on any atom is 0.306 e. The summed E-state index contributed by atoms with van der Waals surface area (Å²) in [4.78, 5) is 37.1. The van der Waals surface area contributed by atoms with E-state index in [0.29, 0.717) is 17.4 Å². The van der Waals surface area contributed by atoms with Crippen molar-refractivity contribution in [1.82, 2.24) is 0 Å². The fourth-order valence-corrected chi connectivity index (χ4v) is 8.88. The van der Waals surface area contributed by atoms with Crippen LogP contribution in [0, 0.1) is 0 Å². The van der Waals surface area contributed by atoms with Crippen molar-refractivity contribution < 1.29 is 42.9 Å². The van der Waals surface area contributed by atoms with Gasteiger partial charge in [0.05, 0.1) is 40.3 Å². The normalized spacial score (nSPS) is 13.1. The lowest BCUT2D eigenvalue weighted by Crippen LogP contribution is -2.44. The number of likely N-dealkylation sites (N-methyl/N-ethyl adjacent to an activating group) is 1. The molecule has 0 amide bonds. The number of carbonyl (C=O) groups is 3. The monoisotopic (exact) mass is 1030 g/mol. The van der Waals surface area contributed by atoms with Crippen LogP contribution in [0.2, 0.25) is 0 Å². The minimum atomic E-state index is -1.62. The van der Waals surface area contributed by atoms with Gasteiger partial charge < -0.3 is 33.3 Å². The Morgan fingerprint density at radius 2 is 0.781 bits per heavy atom. The van der Waals surface area contributed by atoms with Gasteiger partial charge in [0, 0.05) is 12.8 Å². The Labute approximate surface area is 451 Å². The molecular formula is C64H117NO8. The van der Waals surface area contributed by atoms with Crippen molar-refractivity contribution in [1.29, 1.82) is 0 Å². The standard InChI is InChI=1S/C64H117NO8/c1-6-8-10-12-14-16-17-18-19-20-21-22-23-24-25-26-27-28-29-30-31-32-33-34-35-36-37-38-39-40-41-42-43-44-45-47-49-51-53-55-62(67)73-60(59-72-64(63(68)69)70-57-56-65(3,4)5)58-71-61(66)54-52-50-48-46-15-13-11-9-7-2/h8,10,14,16,18-19,21-22,60,64H,6-7,9,11-13,15,17,20,23-59H2,1-5H3/b10-8-,16-14-,19-18-,22-21-. The molecule has 0 N–H and O–H groups in total. The van der Waals surface area contributed by atoms with Gasteiger partial charge in [0.2, 0.25) is 0 Å². The van der Waals surface area contributed by atoms with Crippen LogP contribution in [0.15, 0.2) is 48.6 Å². The third kappa shape index (κ3) is 56.8. The first kappa shape index (κ1) is 70.2. The average molecular weight is 1030 g/mol. The number of ether oxygens (including phenoxy) is 4. The Morgan fingerprint density at radius 1 is 0.425 bits per heavy atom. The van der Waals surface area contributed by atoms with Crippen molar-refractivity contribution in [2.75, 3.05) is 47.5 Å². The number of nitrogens with zero attached hydrogens (tertiary/aromatic N) is 1. The number of allylic oxidation sites excluding steroid dienone is 8. The van der Waals surface area contributed by atoms with Crippen molar-refractivity contribution in [2.45, 2.75) is 296 Å². The first-order valence-corrected chi connectivity index (χ1v) is 30.8. The summed E-state index contributed by atoms with van der Waals surface area (Å²) >= 11 is 0. The van der Waals surface area contributed by atoms with Crippen LogP contribution >= 0.6 is 0 Å². The minimum absolute atomic E-state index is 0.151. The molecule has 0 aromatic heterocycles. The van der Waals surface area contributed by atoms with Gasteiger partial charge in [-0.3, -0.25) is 9.59 Å². The summed E-state index contributed by atoms with van der Waals surface area (Å²) in [6, 6.07) is 0. The van der Waals surface area contributed by atoms with Crippen molar-refractivity contribution in [3.63, 3.8) is 0 Å². The predicted molar refractivity (Wildman–Crippen MR) is 306 cm³/mol. The molecule has 0 saturated carbocycles. The van der Waals surface area contributed by atoms with Gasteiger partial charge in [0.25, 0.3) is 0 Å². The van der Waals surface area contributed by atoms with Gasteiger partial charge in [-0.25, -0.2) is 0 Å². The maximum absolute atomic E-state index is 12.8. The first-order valence-electron chi connectivity index (χ1n) is 30.8. The van der Waals surface area contributed by atoms with E-state index in [-0.39, 0.29) is 32.2 Å². The lowest BCUT2D eigenvalue weighted by atomic mass is 10.0. The number of hydrogen-bond donors (Lipinski definition) is 0. The molecule has 0 aliphatic heterocycles. The second-order valence-electron chi connectivity index (χ2n) is 22.0. The topological polar surface area (TPSA) is 111 Å². The van der Waals surface area contributed by atoms with E-state index in [0.717, 1.165) is 64.2 Å². The van der Waals surface area contributed by atoms with Crippen LogP contribution in [0.3, 0.4) is 0 Å². The highest BCUT2D eigenvalue weighted by molar-refractivity contribution is 5.70. The van der Waals surface area contributed by atoms with Gasteiger partial charge in [-0.15, -0.1) is 0 Å². The molecule has 0 heterocycles. The van der Waals surface area contributed by atoms with Crippen molar-refractivity contribution in [3.8, 4) is 0 Å². The van der Waals surface area contributed by atoms with Crippen LogP contribution in [-0.2, 0) is 33.3 Å². The molecule has 0 aliphatic rings. The molecule has 0 bridgehead atoms. The van der Waals surface area contributed by atoms with Gasteiger partial charge in [-0.1, -0.05) is 268 Å². The lowest BCUT2D eigenvalue weighted by Gasteiger charge is -2.26. The summed E-state index contributed by atoms with van der Waals surface area (Å²) in [5.41, 5.74) is 0. The van der Waals surface area contributed by atoms with Crippen LogP contribution in [0.25, 0.3) is 0 Å². The highest BCUT2D eigenvalue weighted by Gasteiger charge is 2.22. The number of unbranched alkanes of at least 4 members (excludes halogenated alkanes) is 34. The second-order valence-corrected chi connectivity index (χ2v) is 22.0. The van der Waals surface area contributed by atoms with Crippen LogP contribution in [0.4, 0.5) is 0 Å². The van der Waals surface area contributed by atoms with Crippen LogP contribution < -0.4 is 5.11 Å². The number of carbonyl (C=O) groups excluding carboxylic acids is 3. The van der Waals surface area contributed by atoms with E-state index in [4.69, 9.17) is 18.9 Å². The number of hydrogen-bond acceptors (Lipinski definition) is 8. The molecule has 0 rings (SSSR count). The third-order valence-corrected chi connectivity index (χ3v) is 13.6. The summed E-state index contributed by atoms with van der Waals surface area (Å²) in [6.07, 6.45) is 66.5. The smallest absolute Gasteiger partial charge is 0.306 e. The number of aliphatic carboxylic acids is 1. The molecule has 426 valence electrons. The highest BCUT2D eigenvalue weighted by atomic mass is 16.7. The Bertz CT molecular complexity index is 1340. The van der Waals surface area contributed by atoms with Gasteiger partial charge in [0.15, 0.2) is 12.4 Å². The molecule has 9 nitrogen and oxygen atoms in total. The quantitative estimate of drug-likeness (QED) is 0.0195. The van der Waals surface area contributed by atoms with Crippen LogP contribution in [0.5, 0.6) is 0 Å². The minimum Gasteiger partial charge on any atom is -0.545 e. The van der Waals surface area contributed by atoms with Crippen molar-refractivity contribution >= 4 is 17.9 Å².